The van der Waals surface area contributed by atoms with Gasteiger partial charge in [0.05, 0.1) is 23.1 Å². The van der Waals surface area contributed by atoms with Crippen LogP contribution in [0.1, 0.15) is 69.5 Å². The van der Waals surface area contributed by atoms with Crippen molar-refractivity contribution in [2.75, 3.05) is 13.1 Å². The highest BCUT2D eigenvalue weighted by Gasteiger charge is 2.66. The lowest BCUT2D eigenvalue weighted by Gasteiger charge is -2.48. The largest absolute Gasteiger partial charge is 0.393 e. The number of piperidine rings is 1. The molecule has 0 unspecified atom stereocenters. The Kier molecular flexibility index (Phi) is 5.18. The zero-order valence-electron chi connectivity index (χ0n) is 20.2. The van der Waals surface area contributed by atoms with Crippen LogP contribution < -0.4 is 5.32 Å². The third-order valence-electron chi connectivity index (χ3n) is 9.53. The number of carbonyl (C=O) groups excluding carboxylic acids is 1. The molecule has 6 nitrogen and oxygen atoms in total. The predicted molar refractivity (Wildman–Crippen MR) is 127 cm³/mol. The van der Waals surface area contributed by atoms with Crippen LogP contribution in [0.25, 0.3) is 11.3 Å². The molecule has 2 bridgehead atoms. The van der Waals surface area contributed by atoms with Crippen molar-refractivity contribution in [1.82, 2.24) is 20.4 Å². The van der Waals surface area contributed by atoms with Crippen molar-refractivity contribution in [2.45, 2.75) is 75.9 Å². The summed E-state index contributed by atoms with van der Waals surface area (Å²) < 4.78 is 29.0. The highest BCUT2D eigenvalue weighted by atomic mass is 19.1. The molecule has 6 rings (SSSR count). The molecule has 2 saturated carbocycles. The van der Waals surface area contributed by atoms with Gasteiger partial charge in [0.25, 0.3) is 0 Å². The number of nitrogens with one attached hydrogen (secondary N) is 1. The van der Waals surface area contributed by atoms with Crippen LogP contribution >= 0.6 is 0 Å². The van der Waals surface area contributed by atoms with Gasteiger partial charge in [0.1, 0.15) is 11.6 Å². The molecule has 2 aromatic rings. The maximum absolute atomic E-state index is 14.5. The number of likely N-dealkylation sites (tertiary alicyclic amines) is 1. The van der Waals surface area contributed by atoms with E-state index >= 15 is 0 Å². The molecule has 2 amide bonds. The Bertz CT molecular complexity index is 1160. The Labute approximate surface area is 204 Å². The number of benzene rings is 1. The number of amides is 2. The van der Waals surface area contributed by atoms with Crippen molar-refractivity contribution in [3.05, 3.63) is 47.2 Å². The lowest BCUT2D eigenvalue weighted by Crippen LogP contribution is -2.56. The average molecular weight is 483 g/mol. The van der Waals surface area contributed by atoms with Gasteiger partial charge in [0.15, 0.2) is 0 Å². The van der Waals surface area contributed by atoms with Gasteiger partial charge in [0, 0.05) is 24.5 Å². The minimum absolute atomic E-state index is 0.0509. The smallest absolute Gasteiger partial charge is 0.317 e. The molecule has 3 fully saturated rings. The highest BCUT2D eigenvalue weighted by molar-refractivity contribution is 5.75. The molecular formula is C27H32F2N4O2. The van der Waals surface area contributed by atoms with Gasteiger partial charge in [-0.3, -0.25) is 0 Å². The summed E-state index contributed by atoms with van der Waals surface area (Å²) in [5.41, 5.74) is 1.80. The maximum Gasteiger partial charge on any atom is 0.317 e. The van der Waals surface area contributed by atoms with Gasteiger partial charge < -0.3 is 15.3 Å². The van der Waals surface area contributed by atoms with E-state index in [1.165, 1.54) is 18.2 Å². The van der Waals surface area contributed by atoms with Crippen LogP contribution in [-0.4, -0.2) is 51.5 Å². The normalized spacial score (nSPS) is 32.8. The summed E-state index contributed by atoms with van der Waals surface area (Å²) in [6, 6.07) is 5.70. The number of urea groups is 1. The lowest BCUT2D eigenvalue weighted by atomic mass is 9.59. The molecule has 3 aliphatic carbocycles. The Morgan fingerprint density at radius 3 is 2.63 bits per heavy atom. The number of aliphatic hydroxyl groups is 1. The first-order chi connectivity index (χ1) is 16.7. The minimum Gasteiger partial charge on any atom is -0.393 e. The highest BCUT2D eigenvalue weighted by Crippen LogP contribution is 2.70. The number of hydrogen-bond acceptors (Lipinski definition) is 4. The fourth-order valence-corrected chi connectivity index (χ4v) is 7.68. The first kappa shape index (κ1) is 22.8. The summed E-state index contributed by atoms with van der Waals surface area (Å²) in [7, 11) is 0. The Morgan fingerprint density at radius 1 is 1.17 bits per heavy atom. The van der Waals surface area contributed by atoms with Crippen molar-refractivity contribution in [2.24, 2.45) is 11.3 Å². The fraction of sp³-hybridized carbons (Fsp3) is 0.593. The van der Waals surface area contributed by atoms with E-state index in [0.29, 0.717) is 19.4 Å². The van der Waals surface area contributed by atoms with Gasteiger partial charge in [0.2, 0.25) is 0 Å². The third kappa shape index (κ3) is 3.25. The molecule has 0 radical (unpaired) electrons. The molecule has 35 heavy (non-hydrogen) atoms. The minimum atomic E-state index is -0.635. The predicted octanol–water partition coefficient (Wildman–Crippen LogP) is 4.52. The molecular weight excluding hydrogens is 450 g/mol. The van der Waals surface area contributed by atoms with Crippen LogP contribution in [0.5, 0.6) is 0 Å². The molecule has 0 spiro atoms. The second-order valence-electron chi connectivity index (χ2n) is 11.5. The van der Waals surface area contributed by atoms with Crippen molar-refractivity contribution >= 4 is 6.03 Å². The molecule has 3 atom stereocenters. The number of aliphatic hydroxyl groups excluding tert-OH is 1. The van der Waals surface area contributed by atoms with E-state index in [2.05, 4.69) is 29.4 Å². The molecule has 1 aromatic carbocycles. The lowest BCUT2D eigenvalue weighted by molar-refractivity contribution is 0.0516. The zero-order valence-corrected chi connectivity index (χ0v) is 20.2. The molecule has 1 aromatic heterocycles. The van der Waals surface area contributed by atoms with E-state index in [9.17, 15) is 18.7 Å². The van der Waals surface area contributed by atoms with E-state index < -0.39 is 11.6 Å². The summed E-state index contributed by atoms with van der Waals surface area (Å²) in [6.07, 6.45) is 4.84. The molecule has 8 heteroatoms. The third-order valence-corrected chi connectivity index (χ3v) is 9.53. The van der Waals surface area contributed by atoms with Gasteiger partial charge in [-0.15, -0.1) is 0 Å². The van der Waals surface area contributed by atoms with Crippen molar-refractivity contribution in [3.8, 4) is 11.3 Å². The maximum atomic E-state index is 14.5. The van der Waals surface area contributed by atoms with Crippen LogP contribution in [-0.2, 0) is 5.41 Å². The number of aromatic nitrogens is 2. The number of fused-ring (bicyclic) bond motifs is 5. The number of halogens is 2. The molecule has 1 aliphatic heterocycles. The number of rotatable bonds is 3. The van der Waals surface area contributed by atoms with E-state index in [1.807, 2.05) is 11.0 Å². The van der Waals surface area contributed by atoms with Gasteiger partial charge in [-0.2, -0.15) is 10.2 Å². The standard InChI is InChI=1S/C27H32F2N4O2/c1-26(2)19-8-9-27(26,15-5-4-10-33(14-15)25(35)30-16-11-17(34)12-16)24-18(19)13-22(31-32-24)23-20(28)6-3-7-21(23)29/h3,6-7,13,15-17,19,34H,4-5,8-12,14H2,1-2H3,(H,30,35)/t15-,16?,17?,19-,27-/m0/s1. The summed E-state index contributed by atoms with van der Waals surface area (Å²) in [6.45, 7) is 5.94. The first-order valence-electron chi connectivity index (χ1n) is 12.8. The quantitative estimate of drug-likeness (QED) is 0.674. The van der Waals surface area contributed by atoms with Gasteiger partial charge in [-0.25, -0.2) is 13.6 Å². The summed E-state index contributed by atoms with van der Waals surface area (Å²) in [4.78, 5) is 14.9. The Balaban J connectivity index is 1.32. The molecule has 1 saturated heterocycles. The van der Waals surface area contributed by atoms with Crippen LogP contribution in [0.15, 0.2) is 24.3 Å². The van der Waals surface area contributed by atoms with Gasteiger partial charge >= 0.3 is 6.03 Å². The van der Waals surface area contributed by atoms with E-state index in [1.54, 1.807) is 0 Å². The van der Waals surface area contributed by atoms with Crippen molar-refractivity contribution < 1.29 is 18.7 Å². The van der Waals surface area contributed by atoms with E-state index in [0.717, 1.165) is 43.5 Å². The van der Waals surface area contributed by atoms with E-state index in [4.69, 9.17) is 0 Å². The summed E-state index contributed by atoms with van der Waals surface area (Å²) >= 11 is 0. The second kappa shape index (κ2) is 7.95. The van der Waals surface area contributed by atoms with Crippen LogP contribution in [0, 0.1) is 23.0 Å². The monoisotopic (exact) mass is 482 g/mol. The average Bonchev–Trinajstić information content (AvgIpc) is 3.19. The molecule has 4 aliphatic rings. The molecule has 186 valence electrons. The Hall–Kier alpha value is -2.61. The molecule has 2 heterocycles. The topological polar surface area (TPSA) is 78.4 Å². The van der Waals surface area contributed by atoms with Crippen LogP contribution in [0.4, 0.5) is 13.6 Å². The fourth-order valence-electron chi connectivity index (χ4n) is 7.68. The SMILES string of the molecule is CC1(C)[C@H]2CC[C@]1([C@H]1CCCN(C(=O)NC3CC(O)C3)C1)c1nnc(-c3c(F)cccc3F)cc12. The van der Waals surface area contributed by atoms with Crippen LogP contribution in [0.3, 0.4) is 0 Å². The van der Waals surface area contributed by atoms with Crippen molar-refractivity contribution in [1.29, 1.82) is 0 Å². The number of hydrogen-bond donors (Lipinski definition) is 2. The number of carbonyl (C=O) groups is 1. The molecule has 2 N–H and O–H groups in total. The van der Waals surface area contributed by atoms with Gasteiger partial charge in [-0.1, -0.05) is 19.9 Å². The summed E-state index contributed by atoms with van der Waals surface area (Å²) in [5, 5.41) is 21.6. The summed E-state index contributed by atoms with van der Waals surface area (Å²) in [5.74, 6) is -0.795. The Morgan fingerprint density at radius 2 is 1.91 bits per heavy atom. The second-order valence-corrected chi connectivity index (χ2v) is 11.5. The van der Waals surface area contributed by atoms with E-state index in [-0.39, 0.29) is 52.1 Å². The van der Waals surface area contributed by atoms with Crippen molar-refractivity contribution in [3.63, 3.8) is 0 Å². The first-order valence-corrected chi connectivity index (χ1v) is 12.8. The van der Waals surface area contributed by atoms with Gasteiger partial charge in [-0.05, 0) is 79.5 Å². The number of nitrogens with zero attached hydrogens (tertiary/aromatic N) is 3. The zero-order chi connectivity index (χ0) is 24.5. The van der Waals surface area contributed by atoms with Crippen LogP contribution in [0.2, 0.25) is 0 Å².